The third-order valence-corrected chi connectivity index (χ3v) is 1.02. The van der Waals surface area contributed by atoms with Gasteiger partial charge in [0.05, 0.1) is 0 Å². The number of hydrogen-bond acceptors (Lipinski definition) is 2. The first-order valence-electron chi connectivity index (χ1n) is 2.44. The molecule has 0 aliphatic heterocycles. The number of carbonyl (C=O) groups is 1. The summed E-state index contributed by atoms with van der Waals surface area (Å²) in [5.74, 6) is -3.70. The zero-order chi connectivity index (χ0) is 6.91. The van der Waals surface area contributed by atoms with Gasteiger partial charge in [-0.2, -0.15) is 4.39 Å². The Morgan fingerprint density at radius 1 is 1.56 bits per heavy atom. The lowest BCUT2D eigenvalue weighted by Crippen LogP contribution is -2.30. The van der Waals surface area contributed by atoms with Gasteiger partial charge in [-0.05, 0) is 12.2 Å². The van der Waals surface area contributed by atoms with Crippen molar-refractivity contribution in [1.29, 1.82) is 0 Å². The minimum absolute atomic E-state index is 0.801. The van der Waals surface area contributed by atoms with Crippen LogP contribution in [-0.4, -0.2) is 16.7 Å². The first kappa shape index (κ1) is 6.16. The van der Waals surface area contributed by atoms with E-state index in [2.05, 4.69) is 0 Å². The van der Waals surface area contributed by atoms with Crippen LogP contribution in [0.15, 0.2) is 24.3 Å². The zero-order valence-corrected chi connectivity index (χ0v) is 4.54. The number of ketones is 1. The van der Waals surface area contributed by atoms with E-state index in [0.717, 1.165) is 12.2 Å². The highest BCUT2D eigenvalue weighted by Crippen LogP contribution is 2.14. The molecule has 0 aromatic rings. The highest BCUT2D eigenvalue weighted by molar-refractivity contribution is 5.98. The monoisotopic (exact) mass is 128 g/mol. The van der Waals surface area contributed by atoms with Crippen molar-refractivity contribution in [2.45, 2.75) is 5.85 Å². The predicted octanol–water partition coefficient (Wildman–Crippen LogP) is 0.340. The van der Waals surface area contributed by atoms with Crippen molar-refractivity contribution in [3.8, 4) is 0 Å². The van der Waals surface area contributed by atoms with E-state index < -0.39 is 11.6 Å². The third kappa shape index (κ3) is 1.05. The second-order valence-electron chi connectivity index (χ2n) is 1.76. The normalized spacial score (nSPS) is 33.3. The zero-order valence-electron chi connectivity index (χ0n) is 4.54. The van der Waals surface area contributed by atoms with E-state index >= 15 is 0 Å². The van der Waals surface area contributed by atoms with E-state index in [1.165, 1.54) is 12.2 Å². The minimum Gasteiger partial charge on any atom is -0.353 e. The SMILES string of the molecule is O=C1C=CC=CC1(O)F. The van der Waals surface area contributed by atoms with Crippen LogP contribution in [0.25, 0.3) is 0 Å². The van der Waals surface area contributed by atoms with Crippen LogP contribution in [0.2, 0.25) is 0 Å². The Bertz CT molecular complexity index is 191. The van der Waals surface area contributed by atoms with Crippen molar-refractivity contribution in [3.63, 3.8) is 0 Å². The maximum atomic E-state index is 12.3. The quantitative estimate of drug-likeness (QED) is 0.510. The standard InChI is InChI=1S/C6H5FO2/c7-6(9)4-2-1-3-5(6)8/h1-4,9H. The lowest BCUT2D eigenvalue weighted by molar-refractivity contribution is -0.142. The molecule has 0 spiro atoms. The van der Waals surface area contributed by atoms with Gasteiger partial charge in [0.25, 0.3) is 5.85 Å². The summed E-state index contributed by atoms with van der Waals surface area (Å²) < 4.78 is 12.3. The summed E-state index contributed by atoms with van der Waals surface area (Å²) in [4.78, 5) is 10.4. The third-order valence-electron chi connectivity index (χ3n) is 1.02. The van der Waals surface area contributed by atoms with Crippen LogP contribution in [0.3, 0.4) is 0 Å². The van der Waals surface area contributed by atoms with Crippen molar-refractivity contribution in [1.82, 2.24) is 0 Å². The molecule has 0 aromatic heterocycles. The fourth-order valence-corrected chi connectivity index (χ4v) is 0.525. The van der Waals surface area contributed by atoms with E-state index in [9.17, 15) is 9.18 Å². The second kappa shape index (κ2) is 1.77. The Hall–Kier alpha value is -0.960. The smallest absolute Gasteiger partial charge is 0.289 e. The summed E-state index contributed by atoms with van der Waals surface area (Å²) in [6.07, 6.45) is 4.44. The average Bonchev–Trinajstić information content (AvgIpc) is 1.77. The van der Waals surface area contributed by atoms with Crippen LogP contribution < -0.4 is 0 Å². The second-order valence-corrected chi connectivity index (χ2v) is 1.76. The van der Waals surface area contributed by atoms with E-state index in [1.54, 1.807) is 0 Å². The molecule has 9 heavy (non-hydrogen) atoms. The molecule has 0 fully saturated rings. The maximum absolute atomic E-state index is 12.3. The van der Waals surface area contributed by atoms with Crippen LogP contribution >= 0.6 is 0 Å². The van der Waals surface area contributed by atoms with Gasteiger partial charge in [-0.15, -0.1) is 0 Å². The van der Waals surface area contributed by atoms with Gasteiger partial charge in [-0.1, -0.05) is 12.2 Å². The number of halogens is 1. The molecule has 1 unspecified atom stereocenters. The average molecular weight is 128 g/mol. The molecule has 1 N–H and O–H groups in total. The van der Waals surface area contributed by atoms with Crippen LogP contribution in [0.4, 0.5) is 4.39 Å². The first-order chi connectivity index (χ1) is 4.13. The molecule has 0 saturated carbocycles. The maximum Gasteiger partial charge on any atom is 0.289 e. The fourth-order valence-electron chi connectivity index (χ4n) is 0.525. The highest BCUT2D eigenvalue weighted by Gasteiger charge is 2.31. The van der Waals surface area contributed by atoms with Crippen LogP contribution in [-0.2, 0) is 4.79 Å². The van der Waals surface area contributed by atoms with Crippen molar-refractivity contribution >= 4 is 5.78 Å². The minimum atomic E-state index is -2.77. The van der Waals surface area contributed by atoms with Gasteiger partial charge < -0.3 is 5.11 Å². The Kier molecular flexibility index (Phi) is 1.21. The fraction of sp³-hybridized carbons (Fsp3) is 0.167. The number of hydrogen-bond donors (Lipinski definition) is 1. The molecule has 2 nitrogen and oxygen atoms in total. The summed E-state index contributed by atoms with van der Waals surface area (Å²) in [6, 6.07) is 0. The molecule has 3 heteroatoms. The van der Waals surface area contributed by atoms with Gasteiger partial charge in [0.1, 0.15) is 0 Å². The molecular formula is C6H5FO2. The number of allylic oxidation sites excluding steroid dienone is 2. The number of alkyl halides is 1. The van der Waals surface area contributed by atoms with Crippen LogP contribution in [0.5, 0.6) is 0 Å². The van der Waals surface area contributed by atoms with Crippen molar-refractivity contribution < 1.29 is 14.3 Å². The Morgan fingerprint density at radius 3 is 2.56 bits per heavy atom. The molecule has 0 bridgehead atoms. The number of rotatable bonds is 0. The van der Waals surface area contributed by atoms with Gasteiger partial charge in [0.15, 0.2) is 0 Å². The number of carbonyl (C=O) groups excluding carboxylic acids is 1. The molecule has 0 aromatic carbocycles. The Labute approximate surface area is 51.3 Å². The lowest BCUT2D eigenvalue weighted by Gasteiger charge is -2.11. The lowest BCUT2D eigenvalue weighted by atomic mass is 10.1. The van der Waals surface area contributed by atoms with Gasteiger partial charge in [0, 0.05) is 0 Å². The molecule has 0 heterocycles. The predicted molar refractivity (Wildman–Crippen MR) is 29.3 cm³/mol. The summed E-state index contributed by atoms with van der Waals surface area (Å²) >= 11 is 0. The van der Waals surface area contributed by atoms with E-state index in [-0.39, 0.29) is 0 Å². The molecule has 48 valence electrons. The highest BCUT2D eigenvalue weighted by atomic mass is 19.2. The molecule has 1 aliphatic rings. The van der Waals surface area contributed by atoms with Crippen molar-refractivity contribution in [3.05, 3.63) is 24.3 Å². The molecule has 0 saturated heterocycles. The van der Waals surface area contributed by atoms with Gasteiger partial charge >= 0.3 is 0 Å². The van der Waals surface area contributed by atoms with E-state index in [4.69, 9.17) is 5.11 Å². The first-order valence-corrected chi connectivity index (χ1v) is 2.44. The van der Waals surface area contributed by atoms with E-state index in [1.807, 2.05) is 0 Å². The van der Waals surface area contributed by atoms with Crippen LogP contribution in [0.1, 0.15) is 0 Å². The van der Waals surface area contributed by atoms with Crippen LogP contribution in [0, 0.1) is 0 Å². The summed E-state index contributed by atoms with van der Waals surface area (Å²) in [5, 5.41) is 8.49. The number of aliphatic hydroxyl groups is 1. The largest absolute Gasteiger partial charge is 0.353 e. The van der Waals surface area contributed by atoms with Crippen molar-refractivity contribution in [2.24, 2.45) is 0 Å². The summed E-state index contributed by atoms with van der Waals surface area (Å²) in [6.45, 7) is 0. The molecule has 0 amide bonds. The molecule has 1 atom stereocenters. The topological polar surface area (TPSA) is 37.3 Å². The Balaban J connectivity index is 2.91. The van der Waals surface area contributed by atoms with Gasteiger partial charge in [-0.3, -0.25) is 4.79 Å². The van der Waals surface area contributed by atoms with Gasteiger partial charge in [-0.25, -0.2) is 0 Å². The summed E-state index contributed by atoms with van der Waals surface area (Å²) in [5.41, 5.74) is 0. The van der Waals surface area contributed by atoms with Gasteiger partial charge in [0.2, 0.25) is 5.78 Å². The molecule has 0 radical (unpaired) electrons. The molecular weight excluding hydrogens is 123 g/mol. The summed E-state index contributed by atoms with van der Waals surface area (Å²) in [7, 11) is 0. The van der Waals surface area contributed by atoms with E-state index in [0.29, 0.717) is 0 Å². The Morgan fingerprint density at radius 2 is 2.22 bits per heavy atom. The van der Waals surface area contributed by atoms with Crippen molar-refractivity contribution in [2.75, 3.05) is 0 Å². The molecule has 1 aliphatic carbocycles. The molecule has 1 rings (SSSR count).